The van der Waals surface area contributed by atoms with Crippen molar-refractivity contribution < 1.29 is 9.90 Å². The van der Waals surface area contributed by atoms with Crippen molar-refractivity contribution in [2.45, 2.75) is 19.8 Å². The van der Waals surface area contributed by atoms with E-state index in [-0.39, 0.29) is 17.9 Å². The fourth-order valence-electron chi connectivity index (χ4n) is 2.63. The highest BCUT2D eigenvalue weighted by Crippen LogP contribution is 2.45. The van der Waals surface area contributed by atoms with Gasteiger partial charge in [0.15, 0.2) is 0 Å². The second-order valence-electron chi connectivity index (χ2n) is 6.35. The lowest BCUT2D eigenvalue weighted by atomic mass is 10.1. The molecule has 0 spiro atoms. The molecular weight excluding hydrogens is 278 g/mol. The lowest BCUT2D eigenvalue weighted by molar-refractivity contribution is 0.0728. The molecule has 1 fully saturated rings. The molecule has 22 heavy (non-hydrogen) atoms. The molecule has 2 aromatic rings. The zero-order valence-electron chi connectivity index (χ0n) is 13.0. The molecule has 1 amide bonds. The Morgan fingerprint density at radius 2 is 2.05 bits per heavy atom. The number of amides is 1. The van der Waals surface area contributed by atoms with Gasteiger partial charge in [0.05, 0.1) is 12.3 Å². The maximum absolute atomic E-state index is 12.4. The van der Waals surface area contributed by atoms with Crippen LogP contribution in [0.15, 0.2) is 30.3 Å². The molecule has 1 aromatic heterocycles. The minimum absolute atomic E-state index is 0.0791. The third-order valence-corrected chi connectivity index (χ3v) is 4.37. The number of nitrogens with zero attached hydrogens (tertiary/aromatic N) is 2. The first-order valence-electron chi connectivity index (χ1n) is 7.52. The summed E-state index contributed by atoms with van der Waals surface area (Å²) in [6, 6.07) is 9.82. The van der Waals surface area contributed by atoms with Gasteiger partial charge in [0.1, 0.15) is 5.69 Å². The number of H-pyrrole nitrogens is 1. The SMILES string of the molecule is Cc1ccc(-c2cc(C(=O)N(C)CC3(CO)CC3)[nH]n2)cc1. The highest BCUT2D eigenvalue weighted by Gasteiger charge is 2.43. The van der Waals surface area contributed by atoms with Crippen LogP contribution in [0.2, 0.25) is 0 Å². The average Bonchev–Trinajstić information content (AvgIpc) is 3.12. The predicted octanol–water partition coefficient (Wildman–Crippen LogP) is 2.23. The molecule has 0 aliphatic heterocycles. The van der Waals surface area contributed by atoms with Crippen molar-refractivity contribution in [3.05, 3.63) is 41.6 Å². The molecule has 0 saturated heterocycles. The number of aromatic amines is 1. The zero-order valence-corrected chi connectivity index (χ0v) is 13.0. The van der Waals surface area contributed by atoms with Crippen LogP contribution in [0.4, 0.5) is 0 Å². The first-order chi connectivity index (χ1) is 10.5. The van der Waals surface area contributed by atoms with Crippen LogP contribution in [0.1, 0.15) is 28.9 Å². The van der Waals surface area contributed by atoms with E-state index in [2.05, 4.69) is 10.2 Å². The molecule has 2 N–H and O–H groups in total. The van der Waals surface area contributed by atoms with Gasteiger partial charge in [-0.15, -0.1) is 0 Å². The maximum atomic E-state index is 12.4. The quantitative estimate of drug-likeness (QED) is 0.889. The number of carbonyl (C=O) groups excluding carboxylic acids is 1. The lowest BCUT2D eigenvalue weighted by Gasteiger charge is -2.21. The molecule has 116 valence electrons. The van der Waals surface area contributed by atoms with Gasteiger partial charge in [-0.2, -0.15) is 5.10 Å². The summed E-state index contributed by atoms with van der Waals surface area (Å²) in [6.45, 7) is 2.76. The van der Waals surface area contributed by atoms with Crippen LogP contribution in [0, 0.1) is 12.3 Å². The van der Waals surface area contributed by atoms with E-state index in [1.54, 1.807) is 18.0 Å². The normalized spacial score (nSPS) is 15.6. The van der Waals surface area contributed by atoms with Crippen LogP contribution in [0.5, 0.6) is 0 Å². The molecule has 1 aliphatic rings. The lowest BCUT2D eigenvalue weighted by Crippen LogP contribution is -2.34. The van der Waals surface area contributed by atoms with Crippen LogP contribution in [0.3, 0.4) is 0 Å². The Morgan fingerprint density at radius 1 is 1.36 bits per heavy atom. The van der Waals surface area contributed by atoms with Crippen LogP contribution in [-0.4, -0.2) is 46.3 Å². The average molecular weight is 299 g/mol. The first-order valence-corrected chi connectivity index (χ1v) is 7.52. The minimum atomic E-state index is -0.0920. The fraction of sp³-hybridized carbons (Fsp3) is 0.412. The summed E-state index contributed by atoms with van der Waals surface area (Å²) in [6.07, 6.45) is 1.97. The van der Waals surface area contributed by atoms with Gasteiger partial charge in [-0.1, -0.05) is 29.8 Å². The number of nitrogens with one attached hydrogen (secondary N) is 1. The van der Waals surface area contributed by atoms with Crippen molar-refractivity contribution in [3.8, 4) is 11.3 Å². The Balaban J connectivity index is 1.72. The topological polar surface area (TPSA) is 69.2 Å². The monoisotopic (exact) mass is 299 g/mol. The number of hydrogen-bond donors (Lipinski definition) is 2. The number of aryl methyl sites for hydroxylation is 1. The predicted molar refractivity (Wildman–Crippen MR) is 84.5 cm³/mol. The number of aliphatic hydroxyl groups is 1. The largest absolute Gasteiger partial charge is 0.396 e. The molecule has 1 heterocycles. The van der Waals surface area contributed by atoms with Crippen molar-refractivity contribution in [2.24, 2.45) is 5.41 Å². The Hall–Kier alpha value is -2.14. The number of carbonyl (C=O) groups is 1. The number of rotatable bonds is 5. The standard InChI is InChI=1S/C17H21N3O2/c1-12-3-5-13(6-4-12)14-9-15(19-18-14)16(22)20(2)10-17(11-21)7-8-17/h3-6,9,21H,7-8,10-11H2,1-2H3,(H,18,19). The molecule has 0 bridgehead atoms. The molecule has 0 unspecified atom stereocenters. The molecule has 0 radical (unpaired) electrons. The molecular formula is C17H21N3O2. The highest BCUT2D eigenvalue weighted by atomic mass is 16.3. The molecule has 3 rings (SSSR count). The van der Waals surface area contributed by atoms with E-state index in [4.69, 9.17) is 0 Å². The molecule has 1 aromatic carbocycles. The Kier molecular flexibility index (Phi) is 3.74. The summed E-state index contributed by atoms with van der Waals surface area (Å²) in [7, 11) is 1.77. The van der Waals surface area contributed by atoms with Crippen molar-refractivity contribution in [2.75, 3.05) is 20.2 Å². The van der Waals surface area contributed by atoms with E-state index in [0.29, 0.717) is 12.2 Å². The highest BCUT2D eigenvalue weighted by molar-refractivity contribution is 5.93. The van der Waals surface area contributed by atoms with Crippen molar-refractivity contribution in [3.63, 3.8) is 0 Å². The smallest absolute Gasteiger partial charge is 0.271 e. The summed E-state index contributed by atoms with van der Waals surface area (Å²) < 4.78 is 0. The fourth-order valence-corrected chi connectivity index (χ4v) is 2.63. The van der Waals surface area contributed by atoms with Gasteiger partial charge in [-0.05, 0) is 25.8 Å². The maximum Gasteiger partial charge on any atom is 0.271 e. The molecule has 1 aliphatic carbocycles. The molecule has 5 heteroatoms. The van der Waals surface area contributed by atoms with E-state index in [1.165, 1.54) is 5.56 Å². The van der Waals surface area contributed by atoms with Gasteiger partial charge in [-0.25, -0.2) is 0 Å². The molecule has 1 saturated carbocycles. The summed E-state index contributed by atoms with van der Waals surface area (Å²) in [4.78, 5) is 14.1. The Bertz CT molecular complexity index is 671. The van der Waals surface area contributed by atoms with Crippen LogP contribution in [-0.2, 0) is 0 Å². The minimum Gasteiger partial charge on any atom is -0.396 e. The van der Waals surface area contributed by atoms with Crippen molar-refractivity contribution in [1.82, 2.24) is 15.1 Å². The number of hydrogen-bond acceptors (Lipinski definition) is 3. The first kappa shape index (κ1) is 14.8. The molecule has 0 atom stereocenters. The number of aliphatic hydroxyl groups excluding tert-OH is 1. The van der Waals surface area contributed by atoms with Crippen LogP contribution >= 0.6 is 0 Å². The second-order valence-corrected chi connectivity index (χ2v) is 6.35. The third kappa shape index (κ3) is 2.90. The summed E-state index contributed by atoms with van der Waals surface area (Å²) in [5, 5.41) is 16.4. The van der Waals surface area contributed by atoms with Crippen molar-refractivity contribution in [1.29, 1.82) is 0 Å². The van der Waals surface area contributed by atoms with Gasteiger partial charge in [-0.3, -0.25) is 9.89 Å². The molecule has 5 nitrogen and oxygen atoms in total. The summed E-state index contributed by atoms with van der Waals surface area (Å²) >= 11 is 0. The van der Waals surface area contributed by atoms with E-state index in [0.717, 1.165) is 24.1 Å². The van der Waals surface area contributed by atoms with Gasteiger partial charge in [0.2, 0.25) is 0 Å². The number of aromatic nitrogens is 2. The Labute approximate surface area is 130 Å². The summed E-state index contributed by atoms with van der Waals surface area (Å²) in [5.41, 5.74) is 3.34. The van der Waals surface area contributed by atoms with Gasteiger partial charge >= 0.3 is 0 Å². The zero-order chi connectivity index (χ0) is 15.7. The van der Waals surface area contributed by atoms with E-state index >= 15 is 0 Å². The van der Waals surface area contributed by atoms with Crippen molar-refractivity contribution >= 4 is 5.91 Å². The Morgan fingerprint density at radius 3 is 2.64 bits per heavy atom. The third-order valence-electron chi connectivity index (χ3n) is 4.37. The summed E-state index contributed by atoms with van der Waals surface area (Å²) in [5.74, 6) is -0.0920. The van der Waals surface area contributed by atoms with E-state index in [1.807, 2.05) is 31.2 Å². The van der Waals surface area contributed by atoms with E-state index < -0.39 is 0 Å². The van der Waals surface area contributed by atoms with Crippen LogP contribution in [0.25, 0.3) is 11.3 Å². The van der Waals surface area contributed by atoms with E-state index in [9.17, 15) is 9.90 Å². The van der Waals surface area contributed by atoms with Gasteiger partial charge in [0.25, 0.3) is 5.91 Å². The van der Waals surface area contributed by atoms with Gasteiger partial charge in [0, 0.05) is 24.6 Å². The van der Waals surface area contributed by atoms with Gasteiger partial charge < -0.3 is 10.0 Å². The number of benzene rings is 1. The second kappa shape index (κ2) is 5.57. The van der Waals surface area contributed by atoms with Crippen LogP contribution < -0.4 is 0 Å².